The molecule has 1 unspecified atom stereocenters. The first-order valence-electron chi connectivity index (χ1n) is 10.8. The van der Waals surface area contributed by atoms with Gasteiger partial charge in [-0.05, 0) is 52.0 Å². The van der Waals surface area contributed by atoms with Crippen molar-refractivity contribution in [2.24, 2.45) is 0 Å². The van der Waals surface area contributed by atoms with Gasteiger partial charge < -0.3 is 19.2 Å². The lowest BCUT2D eigenvalue weighted by molar-refractivity contribution is -0.128. The summed E-state index contributed by atoms with van der Waals surface area (Å²) in [4.78, 5) is 28.9. The highest BCUT2D eigenvalue weighted by atomic mass is 16.6. The topological polar surface area (TPSA) is 98.8 Å². The fraction of sp³-hybridized carbons (Fsp3) is 0.375. The molecule has 2 aromatic heterocycles. The maximum atomic E-state index is 13.8. The minimum atomic E-state index is -1.24. The van der Waals surface area contributed by atoms with Gasteiger partial charge in [-0.3, -0.25) is 19.2 Å². The Kier molecular flexibility index (Phi) is 4.73. The lowest BCUT2D eigenvalue weighted by atomic mass is 9.92. The highest BCUT2D eigenvalue weighted by molar-refractivity contribution is 6.12. The highest BCUT2D eigenvalue weighted by Crippen LogP contribution is 2.39. The van der Waals surface area contributed by atoms with Crippen LogP contribution in [0.4, 0.5) is 5.69 Å². The number of amides is 2. The van der Waals surface area contributed by atoms with Crippen LogP contribution in [-0.2, 0) is 11.3 Å². The second kappa shape index (κ2) is 7.40. The van der Waals surface area contributed by atoms with Crippen molar-refractivity contribution in [3.8, 4) is 23.0 Å². The Balaban J connectivity index is 1.62. The minimum Gasteiger partial charge on any atom is -0.486 e. The van der Waals surface area contributed by atoms with E-state index in [1.54, 1.807) is 54.3 Å². The summed E-state index contributed by atoms with van der Waals surface area (Å²) in [7, 11) is 0. The van der Waals surface area contributed by atoms with Crippen LogP contribution in [0.1, 0.15) is 38.2 Å². The quantitative estimate of drug-likeness (QED) is 0.658. The Morgan fingerprint density at radius 3 is 2.58 bits per heavy atom. The van der Waals surface area contributed by atoms with E-state index in [0.717, 1.165) is 0 Å². The third-order valence-corrected chi connectivity index (χ3v) is 5.69. The zero-order chi connectivity index (χ0) is 23.4. The van der Waals surface area contributed by atoms with Crippen molar-refractivity contribution >= 4 is 17.5 Å². The van der Waals surface area contributed by atoms with E-state index in [0.29, 0.717) is 47.5 Å². The molecule has 3 aromatic rings. The number of fused-ring (bicyclic) bond motifs is 2. The molecule has 0 fully saturated rings. The standard InChI is InChI=1S/C24H26N4O5/c1-23(2,3)25-22(30)24(4)14-27-17(13-16(26-27)18-6-5-9-31-18)21(29)28(24)15-7-8-19-20(12-15)33-11-10-32-19/h5-9,12-13H,10-11,14H2,1-4H3,(H,25,30). The zero-order valence-electron chi connectivity index (χ0n) is 19.0. The molecule has 172 valence electrons. The van der Waals surface area contributed by atoms with E-state index in [1.807, 2.05) is 20.8 Å². The van der Waals surface area contributed by atoms with Gasteiger partial charge in [0, 0.05) is 23.4 Å². The van der Waals surface area contributed by atoms with E-state index in [4.69, 9.17) is 13.9 Å². The van der Waals surface area contributed by atoms with E-state index < -0.39 is 11.1 Å². The van der Waals surface area contributed by atoms with Crippen LogP contribution in [-0.4, -0.2) is 45.9 Å². The molecule has 2 aliphatic heterocycles. The Bertz CT molecular complexity index is 1220. The van der Waals surface area contributed by atoms with Crippen LogP contribution in [0.25, 0.3) is 11.5 Å². The maximum absolute atomic E-state index is 13.8. The molecule has 0 radical (unpaired) electrons. The fourth-order valence-electron chi connectivity index (χ4n) is 4.18. The van der Waals surface area contributed by atoms with Crippen molar-refractivity contribution in [2.75, 3.05) is 18.1 Å². The van der Waals surface area contributed by atoms with Gasteiger partial charge in [0.2, 0.25) is 5.91 Å². The largest absolute Gasteiger partial charge is 0.486 e. The van der Waals surface area contributed by atoms with E-state index in [-0.39, 0.29) is 18.4 Å². The number of nitrogens with one attached hydrogen (secondary N) is 1. The third-order valence-electron chi connectivity index (χ3n) is 5.69. The Morgan fingerprint density at radius 1 is 1.12 bits per heavy atom. The number of aromatic nitrogens is 2. The van der Waals surface area contributed by atoms with Crippen LogP contribution in [0.15, 0.2) is 47.1 Å². The minimum absolute atomic E-state index is 0.172. The van der Waals surface area contributed by atoms with Gasteiger partial charge in [0.05, 0.1) is 12.8 Å². The van der Waals surface area contributed by atoms with Gasteiger partial charge in [-0.25, -0.2) is 0 Å². The summed E-state index contributed by atoms with van der Waals surface area (Å²) in [5.41, 5.74) is -0.273. The van der Waals surface area contributed by atoms with Gasteiger partial charge in [0.25, 0.3) is 5.91 Å². The number of hydrogen-bond donors (Lipinski definition) is 1. The average Bonchev–Trinajstić information content (AvgIpc) is 3.42. The van der Waals surface area contributed by atoms with Crippen LogP contribution >= 0.6 is 0 Å². The van der Waals surface area contributed by atoms with Crippen LogP contribution in [0.5, 0.6) is 11.5 Å². The van der Waals surface area contributed by atoms with Crippen molar-refractivity contribution in [3.63, 3.8) is 0 Å². The van der Waals surface area contributed by atoms with E-state index in [9.17, 15) is 9.59 Å². The first-order valence-corrected chi connectivity index (χ1v) is 10.8. The molecule has 33 heavy (non-hydrogen) atoms. The SMILES string of the molecule is CC(C)(C)NC(=O)C1(C)Cn2nc(-c3ccco3)cc2C(=O)N1c1ccc2c(c1)OCCO2. The van der Waals surface area contributed by atoms with E-state index in [1.165, 1.54) is 4.90 Å². The molecule has 0 spiro atoms. The normalized spacial score (nSPS) is 19.9. The zero-order valence-corrected chi connectivity index (χ0v) is 19.0. The molecular weight excluding hydrogens is 424 g/mol. The molecule has 2 aliphatic rings. The van der Waals surface area contributed by atoms with E-state index >= 15 is 0 Å². The van der Waals surface area contributed by atoms with Crippen LogP contribution < -0.4 is 19.7 Å². The molecular formula is C24H26N4O5. The molecule has 9 heteroatoms. The van der Waals surface area contributed by atoms with Crippen LogP contribution in [0.2, 0.25) is 0 Å². The number of ether oxygens (including phenoxy) is 2. The summed E-state index contributed by atoms with van der Waals surface area (Å²) in [6.07, 6.45) is 1.55. The highest BCUT2D eigenvalue weighted by Gasteiger charge is 2.50. The Morgan fingerprint density at radius 2 is 1.88 bits per heavy atom. The maximum Gasteiger partial charge on any atom is 0.277 e. The number of carbonyl (C=O) groups excluding carboxylic acids is 2. The summed E-state index contributed by atoms with van der Waals surface area (Å²) in [5.74, 6) is 1.09. The molecule has 1 atom stereocenters. The molecule has 1 aromatic carbocycles. The average molecular weight is 450 g/mol. The van der Waals surface area contributed by atoms with Gasteiger partial charge in [0.1, 0.15) is 30.1 Å². The van der Waals surface area contributed by atoms with Gasteiger partial charge >= 0.3 is 0 Å². The van der Waals surface area contributed by atoms with Crippen molar-refractivity contribution in [1.82, 2.24) is 15.1 Å². The van der Waals surface area contributed by atoms with Gasteiger partial charge in [0.15, 0.2) is 17.3 Å². The predicted molar refractivity (Wildman–Crippen MR) is 120 cm³/mol. The Labute approximate surface area is 191 Å². The first kappa shape index (κ1) is 21.1. The molecule has 0 saturated heterocycles. The number of benzene rings is 1. The first-order chi connectivity index (χ1) is 15.7. The second-order valence-electron chi connectivity index (χ2n) is 9.50. The second-order valence-corrected chi connectivity index (χ2v) is 9.50. The summed E-state index contributed by atoms with van der Waals surface area (Å²) in [6.45, 7) is 8.52. The van der Waals surface area contributed by atoms with Crippen LogP contribution in [0, 0.1) is 0 Å². The smallest absolute Gasteiger partial charge is 0.277 e. The van der Waals surface area contributed by atoms with Gasteiger partial charge in [-0.1, -0.05) is 0 Å². The van der Waals surface area contributed by atoms with Crippen molar-refractivity contribution in [3.05, 3.63) is 48.4 Å². The molecule has 4 heterocycles. The summed E-state index contributed by atoms with van der Waals surface area (Å²) >= 11 is 0. The number of anilines is 1. The molecule has 0 saturated carbocycles. The monoisotopic (exact) mass is 450 g/mol. The summed E-state index contributed by atoms with van der Waals surface area (Å²) in [5, 5.41) is 7.60. The molecule has 0 bridgehead atoms. The van der Waals surface area contributed by atoms with Crippen molar-refractivity contribution in [1.29, 1.82) is 0 Å². The third kappa shape index (κ3) is 3.63. The van der Waals surface area contributed by atoms with Gasteiger partial charge in [-0.15, -0.1) is 0 Å². The summed E-state index contributed by atoms with van der Waals surface area (Å²) < 4.78 is 18.4. The molecule has 1 N–H and O–H groups in total. The molecule has 5 rings (SSSR count). The lowest BCUT2D eigenvalue weighted by Crippen LogP contribution is -2.66. The van der Waals surface area contributed by atoms with Crippen molar-refractivity contribution < 1.29 is 23.5 Å². The van der Waals surface area contributed by atoms with Crippen molar-refractivity contribution in [2.45, 2.75) is 45.3 Å². The molecule has 9 nitrogen and oxygen atoms in total. The number of nitrogens with zero attached hydrogens (tertiary/aromatic N) is 3. The van der Waals surface area contributed by atoms with E-state index in [2.05, 4.69) is 10.4 Å². The lowest BCUT2D eigenvalue weighted by Gasteiger charge is -2.44. The van der Waals surface area contributed by atoms with Gasteiger partial charge in [-0.2, -0.15) is 5.10 Å². The Hall–Kier alpha value is -3.75. The predicted octanol–water partition coefficient (Wildman–Crippen LogP) is 3.25. The molecule has 2 amide bonds. The number of rotatable bonds is 3. The van der Waals surface area contributed by atoms with Crippen LogP contribution in [0.3, 0.4) is 0 Å². The fourth-order valence-corrected chi connectivity index (χ4v) is 4.18. The number of hydrogen-bond acceptors (Lipinski definition) is 6. The number of carbonyl (C=O) groups is 2. The molecule has 0 aliphatic carbocycles. The number of furan rings is 1. The summed E-state index contributed by atoms with van der Waals surface area (Å²) in [6, 6.07) is 10.5.